The molecule has 110 valence electrons. The standard InChI is InChI=1S/C19H17NO2/c1-12-7-8-13-5-3-4-6-15(13)18(12)19(21)14-9-10-17(22-2)16(20)11-14/h3-11H,20H2,1-2H3. The van der Waals surface area contributed by atoms with Crippen molar-refractivity contribution < 1.29 is 9.53 Å². The summed E-state index contributed by atoms with van der Waals surface area (Å²) in [6, 6.07) is 17.0. The van der Waals surface area contributed by atoms with Gasteiger partial charge in [-0.05, 0) is 41.5 Å². The molecular weight excluding hydrogens is 274 g/mol. The van der Waals surface area contributed by atoms with Crippen molar-refractivity contribution >= 4 is 22.2 Å². The van der Waals surface area contributed by atoms with Crippen LogP contribution in [0.5, 0.6) is 5.75 Å². The quantitative estimate of drug-likeness (QED) is 0.587. The van der Waals surface area contributed by atoms with Crippen molar-refractivity contribution in [2.24, 2.45) is 0 Å². The molecule has 0 amide bonds. The number of methoxy groups -OCH3 is 1. The van der Waals surface area contributed by atoms with Crippen LogP contribution >= 0.6 is 0 Å². The number of aryl methyl sites for hydroxylation is 1. The van der Waals surface area contributed by atoms with E-state index in [1.165, 1.54) is 0 Å². The number of ketones is 1. The number of fused-ring (bicyclic) bond motifs is 1. The van der Waals surface area contributed by atoms with E-state index in [0.29, 0.717) is 17.0 Å². The van der Waals surface area contributed by atoms with E-state index in [1.807, 2.05) is 43.3 Å². The first-order valence-corrected chi connectivity index (χ1v) is 7.08. The molecule has 0 aliphatic rings. The van der Waals surface area contributed by atoms with Gasteiger partial charge in [0.1, 0.15) is 5.75 Å². The summed E-state index contributed by atoms with van der Waals surface area (Å²) in [7, 11) is 1.56. The molecule has 0 saturated heterocycles. The Labute approximate surface area is 129 Å². The van der Waals surface area contributed by atoms with Gasteiger partial charge in [-0.15, -0.1) is 0 Å². The molecule has 0 saturated carbocycles. The van der Waals surface area contributed by atoms with Crippen molar-refractivity contribution in [3.63, 3.8) is 0 Å². The summed E-state index contributed by atoms with van der Waals surface area (Å²) in [4.78, 5) is 12.9. The second-order valence-corrected chi connectivity index (χ2v) is 5.26. The number of hydrogen-bond donors (Lipinski definition) is 1. The van der Waals surface area contributed by atoms with Gasteiger partial charge in [-0.1, -0.05) is 36.4 Å². The normalized spacial score (nSPS) is 10.6. The minimum atomic E-state index is -0.0244. The van der Waals surface area contributed by atoms with Crippen molar-refractivity contribution in [3.8, 4) is 5.75 Å². The van der Waals surface area contributed by atoms with Crippen molar-refractivity contribution in [3.05, 3.63) is 71.3 Å². The molecule has 3 nitrogen and oxygen atoms in total. The monoisotopic (exact) mass is 291 g/mol. The number of ether oxygens (including phenoxy) is 1. The Balaban J connectivity index is 2.17. The van der Waals surface area contributed by atoms with Gasteiger partial charge in [0.15, 0.2) is 5.78 Å². The summed E-state index contributed by atoms with van der Waals surface area (Å²) >= 11 is 0. The van der Waals surface area contributed by atoms with E-state index in [0.717, 1.165) is 21.9 Å². The van der Waals surface area contributed by atoms with Crippen LogP contribution in [0.1, 0.15) is 21.5 Å². The Morgan fingerprint density at radius 3 is 2.55 bits per heavy atom. The van der Waals surface area contributed by atoms with E-state index < -0.39 is 0 Å². The van der Waals surface area contributed by atoms with Gasteiger partial charge in [0, 0.05) is 11.1 Å². The third kappa shape index (κ3) is 2.31. The zero-order chi connectivity index (χ0) is 15.7. The van der Waals surface area contributed by atoms with Crippen molar-refractivity contribution in [1.29, 1.82) is 0 Å². The number of carbonyl (C=O) groups is 1. The summed E-state index contributed by atoms with van der Waals surface area (Å²) in [5.41, 5.74) is 8.63. The summed E-state index contributed by atoms with van der Waals surface area (Å²) < 4.78 is 5.14. The van der Waals surface area contributed by atoms with Gasteiger partial charge in [-0.3, -0.25) is 4.79 Å². The van der Waals surface area contributed by atoms with Gasteiger partial charge in [0.25, 0.3) is 0 Å². The summed E-state index contributed by atoms with van der Waals surface area (Å²) in [5, 5.41) is 2.01. The van der Waals surface area contributed by atoms with Crippen LogP contribution < -0.4 is 10.5 Å². The van der Waals surface area contributed by atoms with Gasteiger partial charge in [-0.2, -0.15) is 0 Å². The topological polar surface area (TPSA) is 52.3 Å². The number of nitrogen functional groups attached to an aromatic ring is 1. The third-order valence-electron chi connectivity index (χ3n) is 3.86. The molecule has 0 unspecified atom stereocenters. The Hall–Kier alpha value is -2.81. The Kier molecular flexibility index (Phi) is 3.55. The molecule has 0 aliphatic carbocycles. The highest BCUT2D eigenvalue weighted by Gasteiger charge is 2.16. The largest absolute Gasteiger partial charge is 0.495 e. The molecule has 0 radical (unpaired) electrons. The fourth-order valence-corrected chi connectivity index (χ4v) is 2.70. The third-order valence-corrected chi connectivity index (χ3v) is 3.86. The van der Waals surface area contributed by atoms with Gasteiger partial charge in [0.2, 0.25) is 0 Å². The average molecular weight is 291 g/mol. The minimum Gasteiger partial charge on any atom is -0.495 e. The number of benzene rings is 3. The predicted octanol–water partition coefficient (Wildman–Crippen LogP) is 3.97. The molecule has 0 heterocycles. The molecular formula is C19H17NO2. The highest BCUT2D eigenvalue weighted by Crippen LogP contribution is 2.28. The molecule has 0 spiro atoms. The lowest BCUT2D eigenvalue weighted by Gasteiger charge is -2.11. The van der Waals surface area contributed by atoms with E-state index in [2.05, 4.69) is 0 Å². The second kappa shape index (κ2) is 5.53. The molecule has 3 heteroatoms. The second-order valence-electron chi connectivity index (χ2n) is 5.26. The molecule has 0 bridgehead atoms. The summed E-state index contributed by atoms with van der Waals surface area (Å²) in [6.07, 6.45) is 0. The van der Waals surface area contributed by atoms with Crippen LogP contribution in [0.4, 0.5) is 5.69 Å². The summed E-state index contributed by atoms with van der Waals surface area (Å²) in [5.74, 6) is 0.551. The van der Waals surface area contributed by atoms with Crippen LogP contribution in [0.25, 0.3) is 10.8 Å². The van der Waals surface area contributed by atoms with Crippen LogP contribution in [-0.2, 0) is 0 Å². The molecule has 0 aliphatic heterocycles. The lowest BCUT2D eigenvalue weighted by molar-refractivity contribution is 0.104. The first kappa shape index (κ1) is 14.1. The molecule has 3 aromatic rings. The van der Waals surface area contributed by atoms with Crippen LogP contribution in [-0.4, -0.2) is 12.9 Å². The maximum Gasteiger partial charge on any atom is 0.193 e. The van der Waals surface area contributed by atoms with Crippen LogP contribution in [0, 0.1) is 6.92 Å². The first-order chi connectivity index (χ1) is 10.6. The van der Waals surface area contributed by atoms with E-state index >= 15 is 0 Å². The predicted molar refractivity (Wildman–Crippen MR) is 89.5 cm³/mol. The van der Waals surface area contributed by atoms with E-state index in [1.54, 1.807) is 25.3 Å². The van der Waals surface area contributed by atoms with Crippen LogP contribution in [0.2, 0.25) is 0 Å². The SMILES string of the molecule is COc1ccc(C(=O)c2c(C)ccc3ccccc23)cc1N. The highest BCUT2D eigenvalue weighted by molar-refractivity contribution is 6.17. The average Bonchev–Trinajstić information content (AvgIpc) is 2.54. The maximum atomic E-state index is 12.9. The van der Waals surface area contributed by atoms with Gasteiger partial charge in [0.05, 0.1) is 12.8 Å². The van der Waals surface area contributed by atoms with E-state index in [4.69, 9.17) is 10.5 Å². The van der Waals surface area contributed by atoms with Crippen molar-refractivity contribution in [1.82, 2.24) is 0 Å². The maximum absolute atomic E-state index is 12.9. The molecule has 0 aromatic heterocycles. The Morgan fingerprint density at radius 2 is 1.82 bits per heavy atom. The molecule has 3 rings (SSSR count). The molecule has 3 aromatic carbocycles. The van der Waals surface area contributed by atoms with Crippen LogP contribution in [0.15, 0.2) is 54.6 Å². The number of anilines is 1. The van der Waals surface area contributed by atoms with Crippen molar-refractivity contribution in [2.75, 3.05) is 12.8 Å². The molecule has 0 atom stereocenters. The number of carbonyl (C=O) groups excluding carboxylic acids is 1. The number of hydrogen-bond acceptors (Lipinski definition) is 3. The Bertz CT molecular complexity index is 868. The zero-order valence-electron chi connectivity index (χ0n) is 12.6. The summed E-state index contributed by atoms with van der Waals surface area (Å²) in [6.45, 7) is 1.95. The van der Waals surface area contributed by atoms with Gasteiger partial charge < -0.3 is 10.5 Å². The van der Waals surface area contributed by atoms with E-state index in [9.17, 15) is 4.79 Å². The number of rotatable bonds is 3. The van der Waals surface area contributed by atoms with Gasteiger partial charge in [-0.25, -0.2) is 0 Å². The highest BCUT2D eigenvalue weighted by atomic mass is 16.5. The molecule has 2 N–H and O–H groups in total. The lowest BCUT2D eigenvalue weighted by Crippen LogP contribution is -2.06. The molecule has 22 heavy (non-hydrogen) atoms. The van der Waals surface area contributed by atoms with Crippen LogP contribution in [0.3, 0.4) is 0 Å². The number of nitrogens with two attached hydrogens (primary N) is 1. The first-order valence-electron chi connectivity index (χ1n) is 7.08. The van der Waals surface area contributed by atoms with Crippen molar-refractivity contribution in [2.45, 2.75) is 6.92 Å². The fraction of sp³-hybridized carbons (Fsp3) is 0.105. The minimum absolute atomic E-state index is 0.0244. The zero-order valence-corrected chi connectivity index (χ0v) is 12.6. The molecule has 0 fully saturated rings. The van der Waals surface area contributed by atoms with E-state index in [-0.39, 0.29) is 5.78 Å². The fourth-order valence-electron chi connectivity index (χ4n) is 2.70. The lowest BCUT2D eigenvalue weighted by atomic mass is 9.93. The Morgan fingerprint density at radius 1 is 1.05 bits per heavy atom. The smallest absolute Gasteiger partial charge is 0.193 e. The van der Waals surface area contributed by atoms with Gasteiger partial charge >= 0.3 is 0 Å².